The minimum absolute atomic E-state index is 0.124. The summed E-state index contributed by atoms with van der Waals surface area (Å²) in [6, 6.07) is 8.28. The molecule has 1 amide bonds. The molecule has 0 aliphatic carbocycles. The van der Waals surface area contributed by atoms with Crippen molar-refractivity contribution in [3.05, 3.63) is 29.3 Å². The fraction of sp³-hybridized carbons (Fsp3) is 0.429. The van der Waals surface area contributed by atoms with Crippen LogP contribution < -0.4 is 10.2 Å². The van der Waals surface area contributed by atoms with E-state index in [1.165, 1.54) is 11.1 Å². The summed E-state index contributed by atoms with van der Waals surface area (Å²) in [5.74, 6) is 0.124. The largest absolute Gasteiger partial charge is 0.316 e. The van der Waals surface area contributed by atoms with Gasteiger partial charge in [-0.1, -0.05) is 12.1 Å². The molecule has 2 rings (SSSR count). The third kappa shape index (κ3) is 2.52. The topological polar surface area (TPSA) is 56.1 Å². The number of nitrogens with zero attached hydrogens (tertiary/aromatic N) is 2. The van der Waals surface area contributed by atoms with Crippen LogP contribution in [0.25, 0.3) is 0 Å². The van der Waals surface area contributed by atoms with Gasteiger partial charge in [0.2, 0.25) is 5.91 Å². The van der Waals surface area contributed by atoms with E-state index in [1.54, 1.807) is 4.90 Å². The highest BCUT2D eigenvalue weighted by Gasteiger charge is 2.23. The van der Waals surface area contributed by atoms with Crippen molar-refractivity contribution in [1.29, 1.82) is 5.26 Å². The Kier molecular flexibility index (Phi) is 3.96. The first-order chi connectivity index (χ1) is 8.76. The van der Waals surface area contributed by atoms with Crippen LogP contribution in [0, 0.1) is 11.3 Å². The van der Waals surface area contributed by atoms with Gasteiger partial charge in [-0.3, -0.25) is 4.79 Å². The zero-order valence-electron chi connectivity index (χ0n) is 10.6. The standard InChI is InChI=1S/C14H17N3O/c1-16-10-11-3-5-13-12(9-11)4-6-14(18)17(13)8-2-7-15/h3,5,9,16H,2,4,6,8,10H2,1H3. The van der Waals surface area contributed by atoms with Gasteiger partial charge in [0.15, 0.2) is 0 Å². The van der Waals surface area contributed by atoms with Gasteiger partial charge in [-0.25, -0.2) is 0 Å². The Morgan fingerprint density at radius 1 is 1.44 bits per heavy atom. The van der Waals surface area contributed by atoms with Crippen molar-refractivity contribution in [3.63, 3.8) is 0 Å². The minimum atomic E-state index is 0.124. The molecule has 1 aromatic rings. The molecule has 1 heterocycles. The summed E-state index contributed by atoms with van der Waals surface area (Å²) < 4.78 is 0. The molecule has 18 heavy (non-hydrogen) atoms. The number of benzene rings is 1. The van der Waals surface area contributed by atoms with E-state index in [-0.39, 0.29) is 5.91 Å². The molecule has 4 nitrogen and oxygen atoms in total. The number of anilines is 1. The van der Waals surface area contributed by atoms with Crippen LogP contribution in [0.2, 0.25) is 0 Å². The van der Waals surface area contributed by atoms with E-state index in [1.807, 2.05) is 19.2 Å². The molecule has 0 radical (unpaired) electrons. The van der Waals surface area contributed by atoms with E-state index >= 15 is 0 Å². The van der Waals surface area contributed by atoms with Crippen molar-refractivity contribution >= 4 is 11.6 Å². The Labute approximate surface area is 107 Å². The normalized spacial score (nSPS) is 14.2. The van der Waals surface area contributed by atoms with Crippen LogP contribution in [0.5, 0.6) is 0 Å². The van der Waals surface area contributed by atoms with Crippen molar-refractivity contribution in [2.45, 2.75) is 25.8 Å². The molecule has 0 saturated heterocycles. The molecule has 94 valence electrons. The Hall–Kier alpha value is -1.86. The molecule has 0 fully saturated rings. The summed E-state index contributed by atoms with van der Waals surface area (Å²) in [7, 11) is 1.92. The average molecular weight is 243 g/mol. The highest BCUT2D eigenvalue weighted by molar-refractivity contribution is 5.96. The van der Waals surface area contributed by atoms with Crippen LogP contribution in [0.1, 0.15) is 24.0 Å². The number of nitrogens with one attached hydrogen (secondary N) is 1. The highest BCUT2D eigenvalue weighted by atomic mass is 16.2. The molecular weight excluding hydrogens is 226 g/mol. The molecule has 1 N–H and O–H groups in total. The number of nitriles is 1. The molecule has 1 aliphatic rings. The summed E-state index contributed by atoms with van der Waals surface area (Å²) in [4.78, 5) is 13.6. The number of carbonyl (C=O) groups is 1. The summed E-state index contributed by atoms with van der Waals surface area (Å²) >= 11 is 0. The lowest BCUT2D eigenvalue weighted by Gasteiger charge is -2.29. The van der Waals surface area contributed by atoms with Crippen LogP contribution in [0.4, 0.5) is 5.69 Å². The van der Waals surface area contributed by atoms with Gasteiger partial charge in [-0.2, -0.15) is 5.26 Å². The number of fused-ring (bicyclic) bond motifs is 1. The van der Waals surface area contributed by atoms with E-state index in [9.17, 15) is 4.79 Å². The number of carbonyl (C=O) groups excluding carboxylic acids is 1. The monoisotopic (exact) mass is 243 g/mol. The Morgan fingerprint density at radius 2 is 2.28 bits per heavy atom. The molecule has 0 saturated carbocycles. The molecular formula is C14H17N3O. The van der Waals surface area contributed by atoms with Crippen molar-refractivity contribution in [2.75, 3.05) is 18.5 Å². The van der Waals surface area contributed by atoms with Crippen LogP contribution in [-0.4, -0.2) is 19.5 Å². The fourth-order valence-electron chi connectivity index (χ4n) is 2.33. The van der Waals surface area contributed by atoms with Crippen molar-refractivity contribution in [1.82, 2.24) is 5.32 Å². The predicted octanol–water partition coefficient (Wildman–Crippen LogP) is 1.60. The third-order valence-electron chi connectivity index (χ3n) is 3.17. The Morgan fingerprint density at radius 3 is 3.00 bits per heavy atom. The molecule has 0 unspecified atom stereocenters. The quantitative estimate of drug-likeness (QED) is 0.874. The van der Waals surface area contributed by atoms with Crippen LogP contribution in [-0.2, 0) is 17.8 Å². The molecule has 0 atom stereocenters. The van der Waals surface area contributed by atoms with Crippen LogP contribution in [0.3, 0.4) is 0 Å². The Balaban J connectivity index is 2.27. The average Bonchev–Trinajstić information content (AvgIpc) is 2.38. The van der Waals surface area contributed by atoms with E-state index in [0.29, 0.717) is 19.4 Å². The summed E-state index contributed by atoms with van der Waals surface area (Å²) in [6.45, 7) is 1.33. The maximum atomic E-state index is 11.9. The van der Waals surface area contributed by atoms with E-state index < -0.39 is 0 Å². The maximum Gasteiger partial charge on any atom is 0.227 e. The molecule has 1 aliphatic heterocycles. The van der Waals surface area contributed by atoms with Crippen molar-refractivity contribution in [3.8, 4) is 6.07 Å². The van der Waals surface area contributed by atoms with Gasteiger partial charge in [0, 0.05) is 25.2 Å². The van der Waals surface area contributed by atoms with Crippen molar-refractivity contribution < 1.29 is 4.79 Å². The highest BCUT2D eigenvalue weighted by Crippen LogP contribution is 2.28. The summed E-state index contributed by atoms with van der Waals surface area (Å²) in [5, 5.41) is 11.8. The molecule has 1 aromatic carbocycles. The van der Waals surface area contributed by atoms with Gasteiger partial charge >= 0.3 is 0 Å². The lowest BCUT2D eigenvalue weighted by Crippen LogP contribution is -2.35. The van der Waals surface area contributed by atoms with Crippen molar-refractivity contribution in [2.24, 2.45) is 0 Å². The van der Waals surface area contributed by atoms with Gasteiger partial charge in [0.25, 0.3) is 0 Å². The first-order valence-corrected chi connectivity index (χ1v) is 6.20. The molecule has 4 heteroatoms. The van der Waals surface area contributed by atoms with Gasteiger partial charge in [-0.15, -0.1) is 0 Å². The van der Waals surface area contributed by atoms with E-state index in [4.69, 9.17) is 5.26 Å². The van der Waals surface area contributed by atoms with Crippen LogP contribution in [0.15, 0.2) is 18.2 Å². The van der Waals surface area contributed by atoms with Gasteiger partial charge in [0.05, 0.1) is 12.5 Å². The predicted molar refractivity (Wildman–Crippen MR) is 70.1 cm³/mol. The molecule has 0 bridgehead atoms. The van der Waals surface area contributed by atoms with Gasteiger partial charge in [0.1, 0.15) is 0 Å². The van der Waals surface area contributed by atoms with Gasteiger partial charge < -0.3 is 10.2 Å². The number of hydrogen-bond donors (Lipinski definition) is 1. The first-order valence-electron chi connectivity index (χ1n) is 6.20. The first kappa shape index (κ1) is 12.6. The lowest BCUT2D eigenvalue weighted by molar-refractivity contribution is -0.118. The smallest absolute Gasteiger partial charge is 0.227 e. The molecule has 0 aromatic heterocycles. The van der Waals surface area contributed by atoms with E-state index in [2.05, 4.69) is 17.5 Å². The zero-order valence-corrected chi connectivity index (χ0v) is 10.6. The van der Waals surface area contributed by atoms with Gasteiger partial charge in [-0.05, 0) is 30.7 Å². The fourth-order valence-corrected chi connectivity index (χ4v) is 2.33. The van der Waals surface area contributed by atoms with E-state index in [0.717, 1.165) is 18.7 Å². The second kappa shape index (κ2) is 5.65. The number of amides is 1. The Bertz CT molecular complexity index is 490. The second-order valence-corrected chi connectivity index (χ2v) is 4.45. The number of aryl methyl sites for hydroxylation is 1. The molecule has 0 spiro atoms. The van der Waals surface area contributed by atoms with Crippen LogP contribution >= 0.6 is 0 Å². The minimum Gasteiger partial charge on any atom is -0.316 e. The zero-order chi connectivity index (χ0) is 13.0. The third-order valence-corrected chi connectivity index (χ3v) is 3.17. The number of rotatable bonds is 4. The maximum absolute atomic E-state index is 11.9. The summed E-state index contributed by atoms with van der Waals surface area (Å²) in [5.41, 5.74) is 3.41. The summed E-state index contributed by atoms with van der Waals surface area (Å²) in [6.07, 6.45) is 1.72. The second-order valence-electron chi connectivity index (χ2n) is 4.45. The number of hydrogen-bond acceptors (Lipinski definition) is 3. The SMILES string of the molecule is CNCc1ccc2c(c1)CCC(=O)N2CCC#N. The lowest BCUT2D eigenvalue weighted by atomic mass is 9.98.